The predicted octanol–water partition coefficient (Wildman–Crippen LogP) is 6.70. The highest BCUT2D eigenvalue weighted by Crippen LogP contribution is 2.53. The summed E-state index contributed by atoms with van der Waals surface area (Å²) in [6.45, 7) is 18.1. The highest BCUT2D eigenvalue weighted by Gasteiger charge is 2.45. The molecule has 0 fully saturated rings. The molecule has 0 atom stereocenters. The van der Waals surface area contributed by atoms with Crippen molar-refractivity contribution in [2.75, 3.05) is 26.4 Å². The van der Waals surface area contributed by atoms with E-state index in [0.717, 1.165) is 23.3 Å². The van der Waals surface area contributed by atoms with Gasteiger partial charge in [0.1, 0.15) is 13.2 Å². The van der Waals surface area contributed by atoms with Crippen molar-refractivity contribution < 1.29 is 42.7 Å². The molecule has 0 amide bonds. The van der Waals surface area contributed by atoms with Gasteiger partial charge in [0.15, 0.2) is 0 Å². The van der Waals surface area contributed by atoms with Crippen molar-refractivity contribution in [3.63, 3.8) is 0 Å². The molecular weight excluding hydrogens is 631 g/mol. The number of carbonyl (C=O) groups excluding carboxylic acids is 4. The second-order valence-corrected chi connectivity index (χ2v) is 13.9. The maximum atomic E-state index is 15.3. The molecule has 0 aliphatic heterocycles. The van der Waals surface area contributed by atoms with Gasteiger partial charge in [-0.2, -0.15) is 0 Å². The van der Waals surface area contributed by atoms with Crippen molar-refractivity contribution in [2.45, 2.75) is 54.8 Å². The lowest BCUT2D eigenvalue weighted by Crippen LogP contribution is -2.24. The van der Waals surface area contributed by atoms with Crippen LogP contribution < -0.4 is 5.30 Å². The Kier molecular flexibility index (Phi) is 13.6. The van der Waals surface area contributed by atoms with E-state index < -0.39 is 30.1 Å². The van der Waals surface area contributed by atoms with Crippen LogP contribution in [0.5, 0.6) is 0 Å². The van der Waals surface area contributed by atoms with E-state index in [1.807, 2.05) is 26.0 Å². The average Bonchev–Trinajstić information content (AvgIpc) is 3.06. The van der Waals surface area contributed by atoms with Gasteiger partial charge in [-0.15, -0.1) is 0 Å². The standard InChI is InChI=1S/C38H43O9P/c1-9-33(39)46-18-16-44-22-31-24(3)20-26(5)35(28(31)7)37(41)48(43,30-14-12-11-13-15-30)38(42)36-27(6)21-25(4)32(29(36)8)23-45-17-19-47-34(40)10-2/h9-15,20-21H,1-2,16-19,22-23H2,3-8H3. The first kappa shape index (κ1) is 38.0. The molecule has 0 N–H and O–H groups in total. The third-order valence-corrected chi connectivity index (χ3v) is 10.8. The quantitative estimate of drug-likeness (QED) is 0.0667. The van der Waals surface area contributed by atoms with E-state index in [0.29, 0.717) is 33.4 Å². The number of ether oxygens (including phenoxy) is 4. The Labute approximate surface area is 282 Å². The summed E-state index contributed by atoms with van der Waals surface area (Å²) in [4.78, 5) is 52.1. The Morgan fingerprint density at radius 2 is 1.02 bits per heavy atom. The van der Waals surface area contributed by atoms with E-state index in [4.69, 9.17) is 18.9 Å². The molecule has 3 aromatic carbocycles. The molecule has 0 heterocycles. The number of hydrogen-bond acceptors (Lipinski definition) is 9. The van der Waals surface area contributed by atoms with Crippen molar-refractivity contribution in [2.24, 2.45) is 0 Å². The highest BCUT2D eigenvalue weighted by molar-refractivity contribution is 8.01. The van der Waals surface area contributed by atoms with Gasteiger partial charge in [0, 0.05) is 28.6 Å². The first-order valence-electron chi connectivity index (χ1n) is 15.5. The zero-order valence-electron chi connectivity index (χ0n) is 28.5. The highest BCUT2D eigenvalue weighted by atomic mass is 31.2. The van der Waals surface area contributed by atoms with Gasteiger partial charge in [-0.25, -0.2) is 9.59 Å². The Morgan fingerprint density at radius 1 is 0.625 bits per heavy atom. The SMILES string of the molecule is C=CC(=O)OCCOCc1c(C)cc(C)c(C(=O)P(=O)(C(=O)c2c(C)cc(C)c(COCCOC(=O)C=C)c2C)c2ccccc2)c1C. The molecule has 0 unspecified atom stereocenters. The van der Waals surface area contributed by atoms with Gasteiger partial charge in [-0.1, -0.05) is 55.6 Å². The molecule has 3 rings (SSSR count). The summed E-state index contributed by atoms with van der Waals surface area (Å²) in [5.74, 6) is -1.11. The van der Waals surface area contributed by atoms with Crippen LogP contribution in [0.15, 0.2) is 67.8 Å². The summed E-state index contributed by atoms with van der Waals surface area (Å²) < 4.78 is 36.8. The minimum absolute atomic E-state index is 0.0311. The summed E-state index contributed by atoms with van der Waals surface area (Å²) in [6.07, 6.45) is 2.14. The number of rotatable bonds is 17. The maximum absolute atomic E-state index is 15.3. The monoisotopic (exact) mass is 674 g/mol. The molecule has 0 saturated heterocycles. The van der Waals surface area contributed by atoms with Gasteiger partial charge in [-0.3, -0.25) is 9.59 Å². The minimum Gasteiger partial charge on any atom is -0.460 e. The smallest absolute Gasteiger partial charge is 0.330 e. The Morgan fingerprint density at radius 3 is 1.40 bits per heavy atom. The summed E-state index contributed by atoms with van der Waals surface area (Å²) in [5, 5.41) is 0.141. The van der Waals surface area contributed by atoms with Gasteiger partial charge >= 0.3 is 11.9 Å². The van der Waals surface area contributed by atoms with E-state index >= 15 is 4.57 Å². The summed E-state index contributed by atoms with van der Waals surface area (Å²) >= 11 is 0. The molecule has 0 aromatic heterocycles. The second-order valence-electron chi connectivity index (χ2n) is 11.4. The van der Waals surface area contributed by atoms with Gasteiger partial charge in [0.2, 0.25) is 18.2 Å². The van der Waals surface area contributed by atoms with Crippen molar-refractivity contribution in [1.82, 2.24) is 0 Å². The van der Waals surface area contributed by atoms with Crippen LogP contribution >= 0.6 is 7.14 Å². The minimum atomic E-state index is -4.47. The molecule has 3 aromatic rings. The summed E-state index contributed by atoms with van der Waals surface area (Å²) in [7, 11) is -4.47. The van der Waals surface area contributed by atoms with Crippen LogP contribution in [0.3, 0.4) is 0 Å². The molecule has 0 saturated carbocycles. The number of hydrogen-bond donors (Lipinski definition) is 0. The fraction of sp³-hybridized carbons (Fsp3) is 0.316. The molecule has 10 heteroatoms. The molecule has 0 spiro atoms. The summed E-state index contributed by atoms with van der Waals surface area (Å²) in [6, 6.07) is 11.8. The van der Waals surface area contributed by atoms with Crippen LogP contribution in [0.1, 0.15) is 65.2 Å². The van der Waals surface area contributed by atoms with Crippen LogP contribution in [0.4, 0.5) is 0 Å². The largest absolute Gasteiger partial charge is 0.460 e. The molecule has 254 valence electrons. The molecule has 0 aliphatic rings. The van der Waals surface area contributed by atoms with Crippen LogP contribution in [-0.4, -0.2) is 49.4 Å². The van der Waals surface area contributed by atoms with Crippen molar-refractivity contribution in [3.05, 3.63) is 123 Å². The van der Waals surface area contributed by atoms with Gasteiger partial charge in [-0.05, 0) is 86.1 Å². The number of benzene rings is 3. The van der Waals surface area contributed by atoms with E-state index in [2.05, 4.69) is 13.2 Å². The van der Waals surface area contributed by atoms with E-state index in [1.165, 1.54) is 0 Å². The van der Waals surface area contributed by atoms with E-state index in [9.17, 15) is 19.2 Å². The first-order valence-corrected chi connectivity index (χ1v) is 17.2. The molecule has 0 aliphatic carbocycles. The Balaban J connectivity index is 2.06. The zero-order valence-corrected chi connectivity index (χ0v) is 29.4. The van der Waals surface area contributed by atoms with Crippen molar-refractivity contribution >= 4 is 35.4 Å². The van der Waals surface area contributed by atoms with Crippen LogP contribution in [0, 0.1) is 41.5 Å². The van der Waals surface area contributed by atoms with Crippen LogP contribution in [0.25, 0.3) is 0 Å². The molecular formula is C38H43O9P. The third kappa shape index (κ3) is 8.53. The molecule has 9 nitrogen and oxygen atoms in total. The number of esters is 2. The molecule has 0 radical (unpaired) electrons. The van der Waals surface area contributed by atoms with Gasteiger partial charge < -0.3 is 23.5 Å². The fourth-order valence-corrected chi connectivity index (χ4v) is 8.27. The van der Waals surface area contributed by atoms with Crippen LogP contribution in [0.2, 0.25) is 0 Å². The van der Waals surface area contributed by atoms with Gasteiger partial charge in [0.05, 0.1) is 26.4 Å². The first-order chi connectivity index (χ1) is 22.8. The lowest BCUT2D eigenvalue weighted by molar-refractivity contribution is -0.140. The molecule has 48 heavy (non-hydrogen) atoms. The van der Waals surface area contributed by atoms with Crippen LogP contribution in [-0.2, 0) is 46.3 Å². The van der Waals surface area contributed by atoms with Gasteiger partial charge in [0.25, 0.3) is 0 Å². The van der Waals surface area contributed by atoms with Crippen molar-refractivity contribution in [1.29, 1.82) is 0 Å². The third-order valence-electron chi connectivity index (χ3n) is 8.15. The fourth-order valence-electron chi connectivity index (χ4n) is 5.70. The Hall–Kier alpha value is -4.43. The number of carbonyl (C=O) groups is 4. The summed E-state index contributed by atoms with van der Waals surface area (Å²) in [5.41, 5.74) is 4.36. The van der Waals surface area contributed by atoms with E-state index in [1.54, 1.807) is 58.0 Å². The topological polar surface area (TPSA) is 122 Å². The average molecular weight is 675 g/mol. The lowest BCUT2D eigenvalue weighted by atomic mass is 9.94. The number of aryl methyl sites for hydroxylation is 4. The second kappa shape index (κ2) is 17.1. The maximum Gasteiger partial charge on any atom is 0.330 e. The Bertz CT molecular complexity index is 1670. The zero-order chi connectivity index (χ0) is 35.6. The van der Waals surface area contributed by atoms with Crippen molar-refractivity contribution in [3.8, 4) is 0 Å². The molecule has 0 bridgehead atoms. The predicted molar refractivity (Wildman–Crippen MR) is 185 cm³/mol. The normalized spacial score (nSPS) is 11.1. The van der Waals surface area contributed by atoms with E-state index in [-0.39, 0.29) is 56.1 Å². The lowest BCUT2D eigenvalue weighted by Gasteiger charge is -2.24.